The summed E-state index contributed by atoms with van der Waals surface area (Å²) in [5, 5.41) is 7.77. The van der Waals surface area contributed by atoms with Crippen molar-refractivity contribution in [3.05, 3.63) is 108 Å². The third-order valence-corrected chi connectivity index (χ3v) is 4.64. The van der Waals surface area contributed by atoms with E-state index in [2.05, 4.69) is 22.8 Å². The zero-order valence-corrected chi connectivity index (χ0v) is 15.4. The van der Waals surface area contributed by atoms with Crippen molar-refractivity contribution in [3.8, 4) is 11.1 Å². The van der Waals surface area contributed by atoms with Gasteiger partial charge in [0, 0.05) is 38.9 Å². The van der Waals surface area contributed by atoms with Gasteiger partial charge >= 0.3 is 0 Å². The Balaban J connectivity index is 1.83. The maximum Gasteiger partial charge on any atom is 0.0485 e. The minimum Gasteiger partial charge on any atom is -0.355 e. The highest BCUT2D eigenvalue weighted by atomic mass is 35.5. The predicted molar refractivity (Wildman–Crippen MR) is 116 cm³/mol. The Morgan fingerprint density at radius 3 is 1.48 bits per heavy atom. The molecule has 4 aromatic rings. The molecule has 0 saturated heterocycles. The normalized spacial score (nSPS) is 10.4. The van der Waals surface area contributed by atoms with Crippen LogP contribution >= 0.6 is 11.6 Å². The summed E-state index contributed by atoms with van der Waals surface area (Å²) >= 11 is 6.55. The van der Waals surface area contributed by atoms with E-state index in [0.717, 1.165) is 38.9 Å². The van der Waals surface area contributed by atoms with Gasteiger partial charge in [-0.15, -0.1) is 0 Å². The molecule has 0 radical (unpaired) electrons. The Labute approximate surface area is 164 Å². The molecule has 0 bridgehead atoms. The fraction of sp³-hybridized carbons (Fsp3) is 0. The summed E-state index contributed by atoms with van der Waals surface area (Å²) in [6.45, 7) is 0. The lowest BCUT2D eigenvalue weighted by Crippen LogP contribution is -1.99. The van der Waals surface area contributed by atoms with Gasteiger partial charge in [-0.05, 0) is 42.5 Å². The molecule has 0 unspecified atom stereocenters. The van der Waals surface area contributed by atoms with Gasteiger partial charge in [-0.1, -0.05) is 72.3 Å². The van der Waals surface area contributed by atoms with Gasteiger partial charge in [-0.25, -0.2) is 0 Å². The molecule has 0 amide bonds. The number of anilines is 4. The average molecular weight is 371 g/mol. The van der Waals surface area contributed by atoms with Crippen molar-refractivity contribution in [1.82, 2.24) is 0 Å². The number of nitrogens with one attached hydrogen (secondary N) is 2. The van der Waals surface area contributed by atoms with E-state index in [4.69, 9.17) is 11.6 Å². The first kappa shape index (κ1) is 17.2. The molecule has 0 aromatic heterocycles. The van der Waals surface area contributed by atoms with E-state index in [-0.39, 0.29) is 0 Å². The smallest absolute Gasteiger partial charge is 0.0485 e. The number of benzene rings is 4. The Morgan fingerprint density at radius 1 is 0.481 bits per heavy atom. The highest BCUT2D eigenvalue weighted by Crippen LogP contribution is 2.41. The van der Waals surface area contributed by atoms with E-state index in [1.54, 1.807) is 0 Å². The van der Waals surface area contributed by atoms with E-state index in [1.807, 2.05) is 91.0 Å². The van der Waals surface area contributed by atoms with Crippen molar-refractivity contribution < 1.29 is 0 Å². The van der Waals surface area contributed by atoms with Crippen LogP contribution < -0.4 is 10.6 Å². The van der Waals surface area contributed by atoms with Crippen molar-refractivity contribution in [3.63, 3.8) is 0 Å². The molecule has 27 heavy (non-hydrogen) atoms. The quantitative estimate of drug-likeness (QED) is 0.380. The van der Waals surface area contributed by atoms with E-state index in [0.29, 0.717) is 0 Å². The average Bonchev–Trinajstić information content (AvgIpc) is 2.71. The first-order chi connectivity index (χ1) is 13.3. The van der Waals surface area contributed by atoms with E-state index in [1.165, 1.54) is 0 Å². The number of hydrogen-bond acceptors (Lipinski definition) is 2. The van der Waals surface area contributed by atoms with E-state index < -0.39 is 0 Å². The topological polar surface area (TPSA) is 24.1 Å². The molecule has 4 rings (SSSR count). The third kappa shape index (κ3) is 3.97. The Morgan fingerprint density at radius 2 is 0.963 bits per heavy atom. The summed E-state index contributed by atoms with van der Waals surface area (Å²) in [7, 11) is 0. The second kappa shape index (κ2) is 7.98. The molecule has 0 saturated carbocycles. The van der Waals surface area contributed by atoms with Gasteiger partial charge in [-0.2, -0.15) is 0 Å². The van der Waals surface area contributed by atoms with Gasteiger partial charge in [0.25, 0.3) is 0 Å². The van der Waals surface area contributed by atoms with Crippen LogP contribution in [0.5, 0.6) is 0 Å². The van der Waals surface area contributed by atoms with Crippen LogP contribution in [0.25, 0.3) is 11.1 Å². The molecule has 0 fully saturated rings. The first-order valence-electron chi connectivity index (χ1n) is 8.83. The maximum atomic E-state index is 6.55. The van der Waals surface area contributed by atoms with Crippen LogP contribution in [0.2, 0.25) is 5.02 Å². The lowest BCUT2D eigenvalue weighted by molar-refractivity contribution is 1.50. The van der Waals surface area contributed by atoms with Crippen molar-refractivity contribution in [2.45, 2.75) is 0 Å². The van der Waals surface area contributed by atoms with Crippen LogP contribution in [-0.2, 0) is 0 Å². The minimum atomic E-state index is 0.718. The molecular formula is C24H19ClN2. The zero-order chi connectivity index (χ0) is 18.5. The first-order valence-corrected chi connectivity index (χ1v) is 9.21. The van der Waals surface area contributed by atoms with Crippen molar-refractivity contribution in [2.24, 2.45) is 0 Å². The predicted octanol–water partition coefficient (Wildman–Crippen LogP) is 7.49. The van der Waals surface area contributed by atoms with E-state index in [9.17, 15) is 0 Å². The highest BCUT2D eigenvalue weighted by molar-refractivity contribution is 6.33. The van der Waals surface area contributed by atoms with Crippen LogP contribution in [0.15, 0.2) is 103 Å². The fourth-order valence-electron chi connectivity index (χ4n) is 3.07. The Hall–Kier alpha value is -3.23. The third-order valence-electron chi connectivity index (χ3n) is 4.31. The maximum absolute atomic E-state index is 6.55. The van der Waals surface area contributed by atoms with Gasteiger partial charge < -0.3 is 10.6 Å². The summed E-state index contributed by atoms with van der Waals surface area (Å²) in [5.74, 6) is 0. The minimum absolute atomic E-state index is 0.718. The Bertz CT molecular complexity index is 971. The number of hydrogen-bond donors (Lipinski definition) is 2. The van der Waals surface area contributed by atoms with Gasteiger partial charge in [0.2, 0.25) is 0 Å². The summed E-state index contributed by atoms with van der Waals surface area (Å²) < 4.78 is 0. The van der Waals surface area contributed by atoms with Gasteiger partial charge in [0.15, 0.2) is 0 Å². The molecule has 132 valence electrons. The van der Waals surface area contributed by atoms with Crippen LogP contribution in [0, 0.1) is 0 Å². The molecule has 4 aromatic carbocycles. The van der Waals surface area contributed by atoms with Gasteiger partial charge in [0.05, 0.1) is 0 Å². The molecule has 2 N–H and O–H groups in total. The summed E-state index contributed by atoms with van der Waals surface area (Å²) in [5.41, 5.74) is 6.07. The lowest BCUT2D eigenvalue weighted by Gasteiger charge is -2.19. The number of para-hydroxylation sites is 2. The van der Waals surface area contributed by atoms with Crippen molar-refractivity contribution in [2.75, 3.05) is 10.6 Å². The van der Waals surface area contributed by atoms with Crippen molar-refractivity contribution >= 4 is 34.4 Å². The Kier molecular flexibility index (Phi) is 5.08. The van der Waals surface area contributed by atoms with Crippen LogP contribution in [-0.4, -0.2) is 0 Å². The monoisotopic (exact) mass is 370 g/mol. The number of halogens is 1. The standard InChI is InChI=1S/C24H19ClN2/c25-21-15-8-7-14-20(21)24-22(26-18-10-3-1-4-11-18)16-9-17-23(24)27-19-12-5-2-6-13-19/h1-17,26-27H. The summed E-state index contributed by atoms with van der Waals surface area (Å²) in [4.78, 5) is 0. The van der Waals surface area contributed by atoms with Gasteiger partial charge in [0.1, 0.15) is 0 Å². The molecular weight excluding hydrogens is 352 g/mol. The molecule has 0 atom stereocenters. The molecule has 0 spiro atoms. The van der Waals surface area contributed by atoms with Crippen LogP contribution in [0.3, 0.4) is 0 Å². The molecule has 2 nitrogen and oxygen atoms in total. The molecule has 0 aliphatic heterocycles. The van der Waals surface area contributed by atoms with E-state index >= 15 is 0 Å². The lowest BCUT2D eigenvalue weighted by atomic mass is 10.0. The molecule has 0 aliphatic rings. The van der Waals surface area contributed by atoms with Crippen LogP contribution in [0.4, 0.5) is 22.7 Å². The second-order valence-electron chi connectivity index (χ2n) is 6.19. The largest absolute Gasteiger partial charge is 0.355 e. The summed E-state index contributed by atoms with van der Waals surface area (Å²) in [6.07, 6.45) is 0. The molecule has 0 heterocycles. The summed E-state index contributed by atoms with van der Waals surface area (Å²) in [6, 6.07) is 34.4. The SMILES string of the molecule is Clc1ccccc1-c1c(Nc2ccccc2)cccc1Nc1ccccc1. The molecule has 0 aliphatic carbocycles. The number of rotatable bonds is 5. The fourth-order valence-corrected chi connectivity index (χ4v) is 3.30. The van der Waals surface area contributed by atoms with Crippen molar-refractivity contribution in [1.29, 1.82) is 0 Å². The molecule has 3 heteroatoms. The second-order valence-corrected chi connectivity index (χ2v) is 6.60. The highest BCUT2D eigenvalue weighted by Gasteiger charge is 2.14. The zero-order valence-electron chi connectivity index (χ0n) is 14.7. The van der Waals surface area contributed by atoms with Crippen LogP contribution in [0.1, 0.15) is 0 Å². The van der Waals surface area contributed by atoms with Gasteiger partial charge in [-0.3, -0.25) is 0 Å².